The maximum atomic E-state index is 13.0. The molecule has 0 saturated carbocycles. The third-order valence-corrected chi connectivity index (χ3v) is 4.73. The van der Waals surface area contributed by atoms with Gasteiger partial charge in [0.15, 0.2) is 0 Å². The van der Waals surface area contributed by atoms with Gasteiger partial charge in [-0.05, 0) is 65.9 Å². The van der Waals surface area contributed by atoms with Gasteiger partial charge < -0.3 is 14.4 Å². The zero-order valence-electron chi connectivity index (χ0n) is 18.6. The number of amides is 1. The van der Waals surface area contributed by atoms with E-state index >= 15 is 0 Å². The van der Waals surface area contributed by atoms with Crippen molar-refractivity contribution in [3.05, 3.63) is 39.9 Å². The molecule has 0 bridgehead atoms. The number of carbonyl (C=O) groups is 2. The molecular weight excluding hydrogens is 388 g/mol. The molecule has 1 aliphatic heterocycles. The van der Waals surface area contributed by atoms with Crippen LogP contribution in [0, 0.1) is 22.0 Å². The predicted molar refractivity (Wildman–Crippen MR) is 112 cm³/mol. The molecule has 166 valence electrons. The number of rotatable bonds is 5. The van der Waals surface area contributed by atoms with Gasteiger partial charge in [-0.2, -0.15) is 0 Å². The quantitative estimate of drug-likeness (QED) is 0.399. The standard InChI is InChI=1S/C22H32N2O6/c1-21(2,3)29-19(25)18(13-15-8-7-9-17(12-15)24(27)28)16-10-11-23(14-16)20(26)30-22(4,5)6/h7-9,12,16,18H,10-11,13-14H2,1-6H3/t16-,18?/m0/s1. The van der Waals surface area contributed by atoms with Gasteiger partial charge in [0.25, 0.3) is 5.69 Å². The fourth-order valence-corrected chi connectivity index (χ4v) is 3.48. The second-order valence-corrected chi connectivity index (χ2v) is 9.75. The van der Waals surface area contributed by atoms with Crippen LogP contribution in [0.3, 0.4) is 0 Å². The molecule has 1 unspecified atom stereocenters. The van der Waals surface area contributed by atoms with Crippen molar-refractivity contribution in [2.24, 2.45) is 11.8 Å². The van der Waals surface area contributed by atoms with E-state index in [4.69, 9.17) is 9.47 Å². The lowest BCUT2D eigenvalue weighted by Gasteiger charge is -2.28. The minimum atomic E-state index is -0.651. The van der Waals surface area contributed by atoms with Gasteiger partial charge in [-0.3, -0.25) is 14.9 Å². The zero-order valence-corrected chi connectivity index (χ0v) is 18.6. The fraction of sp³-hybridized carbons (Fsp3) is 0.636. The molecule has 2 rings (SSSR count). The summed E-state index contributed by atoms with van der Waals surface area (Å²) in [5.74, 6) is -0.990. The molecule has 0 N–H and O–H groups in total. The van der Waals surface area contributed by atoms with Crippen molar-refractivity contribution in [2.45, 2.75) is 65.6 Å². The van der Waals surface area contributed by atoms with Crippen molar-refractivity contribution < 1.29 is 24.0 Å². The highest BCUT2D eigenvalue weighted by molar-refractivity contribution is 5.74. The highest BCUT2D eigenvalue weighted by Gasteiger charge is 2.39. The first-order valence-corrected chi connectivity index (χ1v) is 10.2. The molecule has 1 saturated heterocycles. The Morgan fingerprint density at radius 1 is 1.17 bits per heavy atom. The van der Waals surface area contributed by atoms with E-state index in [0.717, 1.165) is 0 Å². The third-order valence-electron chi connectivity index (χ3n) is 4.73. The second-order valence-electron chi connectivity index (χ2n) is 9.75. The van der Waals surface area contributed by atoms with Gasteiger partial charge in [-0.15, -0.1) is 0 Å². The number of nitro benzene ring substituents is 1. The number of hydrogen-bond donors (Lipinski definition) is 0. The Balaban J connectivity index is 2.20. The van der Waals surface area contributed by atoms with Crippen LogP contribution in [0.25, 0.3) is 0 Å². The summed E-state index contributed by atoms with van der Waals surface area (Å²) in [7, 11) is 0. The van der Waals surface area contributed by atoms with Crippen LogP contribution in [0.1, 0.15) is 53.5 Å². The number of hydrogen-bond acceptors (Lipinski definition) is 6. The summed E-state index contributed by atoms with van der Waals surface area (Å²) in [6, 6.07) is 6.29. The maximum absolute atomic E-state index is 13.0. The van der Waals surface area contributed by atoms with Gasteiger partial charge in [-0.1, -0.05) is 12.1 Å². The van der Waals surface area contributed by atoms with E-state index in [0.29, 0.717) is 31.5 Å². The van der Waals surface area contributed by atoms with E-state index in [1.165, 1.54) is 12.1 Å². The highest BCUT2D eigenvalue weighted by atomic mass is 16.6. The molecule has 8 heteroatoms. The maximum Gasteiger partial charge on any atom is 0.410 e. The van der Waals surface area contributed by atoms with Crippen molar-refractivity contribution in [3.63, 3.8) is 0 Å². The molecule has 0 radical (unpaired) electrons. The largest absolute Gasteiger partial charge is 0.460 e. The van der Waals surface area contributed by atoms with Gasteiger partial charge in [0, 0.05) is 25.2 Å². The number of non-ortho nitro benzene ring substituents is 1. The van der Waals surface area contributed by atoms with Crippen LogP contribution in [0.5, 0.6) is 0 Å². The van der Waals surface area contributed by atoms with Crippen LogP contribution in [-0.4, -0.2) is 46.2 Å². The Bertz CT molecular complexity index is 794. The average molecular weight is 421 g/mol. The Morgan fingerprint density at radius 2 is 1.80 bits per heavy atom. The number of benzene rings is 1. The van der Waals surface area contributed by atoms with Gasteiger partial charge in [0.05, 0.1) is 10.8 Å². The molecule has 1 amide bonds. The van der Waals surface area contributed by atoms with Crippen LogP contribution in [0.15, 0.2) is 24.3 Å². The summed E-state index contributed by atoms with van der Waals surface area (Å²) in [5, 5.41) is 11.1. The monoisotopic (exact) mass is 420 g/mol. The SMILES string of the molecule is CC(C)(C)OC(=O)C(Cc1cccc([N+](=O)[O-])c1)[C@H]1CCN(C(=O)OC(C)(C)C)C1. The fourth-order valence-electron chi connectivity index (χ4n) is 3.48. The Kier molecular flexibility index (Phi) is 7.10. The minimum Gasteiger partial charge on any atom is -0.460 e. The van der Waals surface area contributed by atoms with E-state index < -0.39 is 28.1 Å². The topological polar surface area (TPSA) is 99.0 Å². The van der Waals surface area contributed by atoms with Crippen molar-refractivity contribution in [3.8, 4) is 0 Å². The summed E-state index contributed by atoms with van der Waals surface area (Å²) in [4.78, 5) is 37.7. The molecule has 0 aliphatic carbocycles. The normalized spacial score (nSPS) is 18.1. The molecule has 1 fully saturated rings. The lowest BCUT2D eigenvalue weighted by atomic mass is 9.86. The number of esters is 1. The molecule has 1 aromatic carbocycles. The first-order chi connectivity index (χ1) is 13.7. The molecular formula is C22H32N2O6. The van der Waals surface area contributed by atoms with Crippen LogP contribution < -0.4 is 0 Å². The molecule has 1 heterocycles. The van der Waals surface area contributed by atoms with Gasteiger partial charge in [0.1, 0.15) is 11.2 Å². The van der Waals surface area contributed by atoms with Crippen molar-refractivity contribution in [1.82, 2.24) is 4.90 Å². The molecule has 0 spiro atoms. The van der Waals surface area contributed by atoms with E-state index in [2.05, 4.69) is 0 Å². The molecule has 2 atom stereocenters. The lowest BCUT2D eigenvalue weighted by molar-refractivity contribution is -0.384. The first-order valence-electron chi connectivity index (χ1n) is 10.2. The molecule has 1 aromatic rings. The first kappa shape index (κ1) is 23.6. The predicted octanol–water partition coefficient (Wildman–Crippen LogP) is 4.35. The van der Waals surface area contributed by atoms with Crippen molar-refractivity contribution in [2.75, 3.05) is 13.1 Å². The second kappa shape index (κ2) is 9.02. The zero-order chi connectivity index (χ0) is 22.7. The number of ether oxygens (including phenoxy) is 2. The van der Waals surface area contributed by atoms with Crippen LogP contribution in [-0.2, 0) is 20.7 Å². The molecule has 1 aliphatic rings. The van der Waals surface area contributed by atoms with Crippen LogP contribution >= 0.6 is 0 Å². The summed E-state index contributed by atoms with van der Waals surface area (Å²) in [6.45, 7) is 11.7. The van der Waals surface area contributed by atoms with E-state index in [-0.39, 0.29) is 17.6 Å². The summed E-state index contributed by atoms with van der Waals surface area (Å²) < 4.78 is 11.1. The van der Waals surface area contributed by atoms with Crippen molar-refractivity contribution >= 4 is 17.7 Å². The van der Waals surface area contributed by atoms with E-state index in [1.807, 2.05) is 20.8 Å². The third kappa shape index (κ3) is 7.00. The van der Waals surface area contributed by atoms with Crippen molar-refractivity contribution in [1.29, 1.82) is 0 Å². The summed E-state index contributed by atoms with van der Waals surface area (Å²) in [6.07, 6.45) is 0.546. The molecule has 30 heavy (non-hydrogen) atoms. The minimum absolute atomic E-state index is 0.0164. The molecule has 0 aromatic heterocycles. The summed E-state index contributed by atoms with van der Waals surface area (Å²) >= 11 is 0. The highest BCUT2D eigenvalue weighted by Crippen LogP contribution is 2.31. The summed E-state index contributed by atoms with van der Waals surface area (Å²) in [5.41, 5.74) is -0.572. The molecule has 8 nitrogen and oxygen atoms in total. The van der Waals surface area contributed by atoms with Crippen LogP contribution in [0.2, 0.25) is 0 Å². The van der Waals surface area contributed by atoms with Gasteiger partial charge >= 0.3 is 12.1 Å². The number of nitrogens with zero attached hydrogens (tertiary/aromatic N) is 2. The van der Waals surface area contributed by atoms with Gasteiger partial charge in [0.2, 0.25) is 0 Å². The Morgan fingerprint density at radius 3 is 2.37 bits per heavy atom. The average Bonchev–Trinajstić information content (AvgIpc) is 3.06. The Labute approximate surface area is 177 Å². The number of nitro groups is 1. The lowest BCUT2D eigenvalue weighted by Crippen LogP contribution is -2.38. The van der Waals surface area contributed by atoms with E-state index in [1.54, 1.807) is 37.8 Å². The van der Waals surface area contributed by atoms with E-state index in [9.17, 15) is 19.7 Å². The number of carbonyl (C=O) groups excluding carboxylic acids is 2. The Hall–Kier alpha value is -2.64. The smallest absolute Gasteiger partial charge is 0.410 e. The number of likely N-dealkylation sites (tertiary alicyclic amines) is 1. The van der Waals surface area contributed by atoms with Crippen LogP contribution in [0.4, 0.5) is 10.5 Å². The van der Waals surface area contributed by atoms with Gasteiger partial charge in [-0.25, -0.2) is 4.79 Å².